The predicted octanol–water partition coefficient (Wildman–Crippen LogP) is 3.53. The van der Waals surface area contributed by atoms with Crippen molar-refractivity contribution >= 4 is 49.7 Å². The summed E-state index contributed by atoms with van der Waals surface area (Å²) in [5.41, 5.74) is 3.45. The van der Waals surface area contributed by atoms with E-state index in [1.54, 1.807) is 58.3 Å². The second-order valence-corrected chi connectivity index (χ2v) is 9.38. The highest BCUT2D eigenvalue weighted by molar-refractivity contribution is 7.93. The molecule has 5 rings (SSSR count). The van der Waals surface area contributed by atoms with Crippen LogP contribution in [0.2, 0.25) is 0 Å². The Hall–Kier alpha value is -3.39. The van der Waals surface area contributed by atoms with Gasteiger partial charge in [-0.1, -0.05) is 12.1 Å². The van der Waals surface area contributed by atoms with Crippen molar-refractivity contribution in [3.05, 3.63) is 59.7 Å². The van der Waals surface area contributed by atoms with Gasteiger partial charge in [0.1, 0.15) is 0 Å². The van der Waals surface area contributed by atoms with Gasteiger partial charge < -0.3 is 9.80 Å². The first-order valence-corrected chi connectivity index (χ1v) is 11.6. The van der Waals surface area contributed by atoms with Gasteiger partial charge in [0, 0.05) is 47.7 Å². The summed E-state index contributed by atoms with van der Waals surface area (Å²) in [5.74, 6) is -0.144. The van der Waals surface area contributed by atoms with Crippen molar-refractivity contribution in [2.45, 2.75) is 25.2 Å². The fraction of sp³-hybridized carbons (Fsp3) is 0.217. The van der Waals surface area contributed by atoms with Crippen LogP contribution in [-0.2, 0) is 21.2 Å². The maximum Gasteiger partial charge on any atom is 0.262 e. The molecule has 7 nitrogen and oxygen atoms in total. The molecule has 3 aromatic rings. The van der Waals surface area contributed by atoms with Crippen LogP contribution in [0, 0.1) is 0 Å². The summed E-state index contributed by atoms with van der Waals surface area (Å²) in [6.45, 7) is 4.52. The molecule has 0 bridgehead atoms. The van der Waals surface area contributed by atoms with Crippen LogP contribution in [0.1, 0.15) is 29.8 Å². The fourth-order valence-electron chi connectivity index (χ4n) is 4.57. The van der Waals surface area contributed by atoms with E-state index in [9.17, 15) is 18.0 Å². The highest BCUT2D eigenvalue weighted by Gasteiger charge is 2.31. The zero-order valence-corrected chi connectivity index (χ0v) is 18.0. The summed E-state index contributed by atoms with van der Waals surface area (Å²) >= 11 is 0. The van der Waals surface area contributed by atoms with Gasteiger partial charge in [-0.15, -0.1) is 0 Å². The molecule has 0 radical (unpaired) electrons. The SMILES string of the molecule is CCN1C(=O)c2cccc3c(S(=O)(=O)Nc4ccc5c(c4)CCN5C(C)=O)ccc1c23. The molecule has 2 aliphatic heterocycles. The number of fused-ring (bicyclic) bond motifs is 1. The first-order valence-electron chi connectivity index (χ1n) is 10.1. The Balaban J connectivity index is 1.56. The second kappa shape index (κ2) is 6.81. The lowest BCUT2D eigenvalue weighted by atomic mass is 10.1. The summed E-state index contributed by atoms with van der Waals surface area (Å²) in [6, 6.07) is 13.6. The van der Waals surface area contributed by atoms with Gasteiger partial charge in [-0.3, -0.25) is 14.3 Å². The molecule has 0 unspecified atom stereocenters. The largest absolute Gasteiger partial charge is 0.312 e. The number of amides is 2. The van der Waals surface area contributed by atoms with Gasteiger partial charge in [-0.2, -0.15) is 0 Å². The Morgan fingerprint density at radius 3 is 2.61 bits per heavy atom. The Morgan fingerprint density at radius 2 is 1.87 bits per heavy atom. The smallest absolute Gasteiger partial charge is 0.262 e. The van der Waals surface area contributed by atoms with E-state index in [2.05, 4.69) is 4.72 Å². The number of anilines is 3. The minimum absolute atomic E-state index is 0.0318. The third kappa shape index (κ3) is 2.90. The van der Waals surface area contributed by atoms with Gasteiger partial charge in [0.15, 0.2) is 0 Å². The highest BCUT2D eigenvalue weighted by atomic mass is 32.2. The van der Waals surface area contributed by atoms with E-state index < -0.39 is 10.0 Å². The number of nitrogens with zero attached hydrogens (tertiary/aromatic N) is 2. The van der Waals surface area contributed by atoms with E-state index in [4.69, 9.17) is 0 Å². The molecule has 2 heterocycles. The van der Waals surface area contributed by atoms with Gasteiger partial charge in [0.25, 0.3) is 15.9 Å². The molecule has 2 aliphatic rings. The molecule has 158 valence electrons. The van der Waals surface area contributed by atoms with Crippen LogP contribution in [0.25, 0.3) is 10.8 Å². The van der Waals surface area contributed by atoms with Crippen molar-refractivity contribution in [2.75, 3.05) is 27.6 Å². The van der Waals surface area contributed by atoms with Crippen LogP contribution < -0.4 is 14.5 Å². The average molecular weight is 436 g/mol. The predicted molar refractivity (Wildman–Crippen MR) is 120 cm³/mol. The third-order valence-electron chi connectivity index (χ3n) is 5.96. The number of rotatable bonds is 4. The summed E-state index contributed by atoms with van der Waals surface area (Å²) in [5, 5.41) is 1.19. The topological polar surface area (TPSA) is 86.8 Å². The number of hydrogen-bond acceptors (Lipinski definition) is 4. The molecule has 8 heteroatoms. The van der Waals surface area contributed by atoms with Crippen molar-refractivity contribution in [1.82, 2.24) is 0 Å². The van der Waals surface area contributed by atoms with E-state index in [-0.39, 0.29) is 16.7 Å². The molecule has 0 aromatic heterocycles. The van der Waals surface area contributed by atoms with E-state index >= 15 is 0 Å². The minimum atomic E-state index is -3.89. The minimum Gasteiger partial charge on any atom is -0.312 e. The van der Waals surface area contributed by atoms with E-state index in [0.717, 1.165) is 16.9 Å². The van der Waals surface area contributed by atoms with Crippen molar-refractivity contribution in [2.24, 2.45) is 0 Å². The van der Waals surface area contributed by atoms with Crippen molar-refractivity contribution in [1.29, 1.82) is 0 Å². The molecule has 0 fully saturated rings. The quantitative estimate of drug-likeness (QED) is 0.679. The first-order chi connectivity index (χ1) is 14.8. The lowest BCUT2D eigenvalue weighted by Crippen LogP contribution is -2.25. The highest BCUT2D eigenvalue weighted by Crippen LogP contribution is 2.40. The Labute approximate surface area is 180 Å². The van der Waals surface area contributed by atoms with E-state index in [0.29, 0.717) is 41.5 Å². The molecular weight excluding hydrogens is 414 g/mol. The molecular formula is C23H21N3O4S. The summed E-state index contributed by atoms with van der Waals surface area (Å²) in [4.78, 5) is 27.9. The zero-order valence-electron chi connectivity index (χ0n) is 17.2. The Bertz CT molecular complexity index is 1380. The lowest BCUT2D eigenvalue weighted by molar-refractivity contribution is -0.116. The van der Waals surface area contributed by atoms with Gasteiger partial charge in [0.2, 0.25) is 5.91 Å². The molecule has 3 aromatic carbocycles. The molecule has 0 saturated heterocycles. The molecule has 0 aliphatic carbocycles. The van der Waals surface area contributed by atoms with Gasteiger partial charge in [-0.05, 0) is 55.3 Å². The van der Waals surface area contributed by atoms with E-state index in [1.165, 1.54) is 6.92 Å². The van der Waals surface area contributed by atoms with Gasteiger partial charge >= 0.3 is 0 Å². The lowest BCUT2D eigenvalue weighted by Gasteiger charge is -2.17. The van der Waals surface area contributed by atoms with Crippen LogP contribution in [-0.4, -0.2) is 33.3 Å². The van der Waals surface area contributed by atoms with Crippen molar-refractivity contribution < 1.29 is 18.0 Å². The Kier molecular flexibility index (Phi) is 4.30. The summed E-state index contributed by atoms with van der Waals surface area (Å²) < 4.78 is 29.2. The standard InChI is InChI=1S/C23H21N3O4S/c1-3-25-20-9-10-21(17-5-4-6-18(22(17)20)23(25)28)31(29,30)24-16-7-8-19-15(13-16)11-12-26(19)14(2)27/h4-10,13,24H,3,11-12H2,1-2H3. The van der Waals surface area contributed by atoms with Crippen molar-refractivity contribution in [3.63, 3.8) is 0 Å². The average Bonchev–Trinajstić information content (AvgIpc) is 3.28. The summed E-state index contributed by atoms with van der Waals surface area (Å²) in [7, 11) is -3.89. The third-order valence-corrected chi connectivity index (χ3v) is 7.40. The molecule has 0 spiro atoms. The number of nitrogens with one attached hydrogen (secondary N) is 1. The monoisotopic (exact) mass is 435 g/mol. The maximum atomic E-state index is 13.3. The van der Waals surface area contributed by atoms with Crippen LogP contribution in [0.4, 0.5) is 17.1 Å². The number of carbonyl (C=O) groups is 2. The molecule has 1 N–H and O–H groups in total. The molecule has 2 amide bonds. The molecule has 0 saturated carbocycles. The van der Waals surface area contributed by atoms with Crippen molar-refractivity contribution in [3.8, 4) is 0 Å². The van der Waals surface area contributed by atoms with Crippen LogP contribution in [0.15, 0.2) is 53.4 Å². The van der Waals surface area contributed by atoms with Crippen LogP contribution in [0.3, 0.4) is 0 Å². The summed E-state index contributed by atoms with van der Waals surface area (Å²) in [6.07, 6.45) is 0.681. The Morgan fingerprint density at radius 1 is 1.10 bits per heavy atom. The maximum absolute atomic E-state index is 13.3. The number of benzene rings is 3. The normalized spacial score (nSPS) is 15.0. The molecule has 0 atom stereocenters. The molecule has 31 heavy (non-hydrogen) atoms. The second-order valence-electron chi connectivity index (χ2n) is 7.73. The van der Waals surface area contributed by atoms with Crippen LogP contribution >= 0.6 is 0 Å². The number of sulfonamides is 1. The van der Waals surface area contributed by atoms with Gasteiger partial charge in [-0.25, -0.2) is 8.42 Å². The first kappa shape index (κ1) is 19.6. The fourth-order valence-corrected chi connectivity index (χ4v) is 5.82. The number of hydrogen-bond donors (Lipinski definition) is 1. The number of carbonyl (C=O) groups excluding carboxylic acids is 2. The van der Waals surface area contributed by atoms with Gasteiger partial charge in [0.05, 0.1) is 10.6 Å². The zero-order chi connectivity index (χ0) is 21.9. The van der Waals surface area contributed by atoms with Crippen LogP contribution in [0.5, 0.6) is 0 Å². The van der Waals surface area contributed by atoms with E-state index in [1.807, 2.05) is 6.92 Å².